The first-order valence-electron chi connectivity index (χ1n) is 9.30. The first kappa shape index (κ1) is 22.1. The summed E-state index contributed by atoms with van der Waals surface area (Å²) in [6, 6.07) is 8.41. The van der Waals surface area contributed by atoms with Crippen molar-refractivity contribution in [2.24, 2.45) is 0 Å². The number of carbonyl (C=O) groups is 1. The second kappa shape index (κ2) is 9.48. The molecule has 0 heterocycles. The number of rotatable bonds is 5. The smallest absolute Gasteiger partial charge is 0.342 e. The molecule has 154 valence electrons. The summed E-state index contributed by atoms with van der Waals surface area (Å²) >= 11 is 18.1. The van der Waals surface area contributed by atoms with Gasteiger partial charge in [0.1, 0.15) is 11.9 Å². The van der Waals surface area contributed by atoms with E-state index in [4.69, 9.17) is 39.5 Å². The van der Waals surface area contributed by atoms with Crippen LogP contribution in [0.2, 0.25) is 15.1 Å². The van der Waals surface area contributed by atoms with Gasteiger partial charge in [-0.15, -0.1) is 0 Å². The summed E-state index contributed by atoms with van der Waals surface area (Å²) in [7, 11) is 0. The van der Waals surface area contributed by atoms with Crippen LogP contribution in [-0.4, -0.2) is 16.7 Å². The highest BCUT2D eigenvalue weighted by Gasteiger charge is 2.27. The molecule has 0 spiro atoms. The van der Waals surface area contributed by atoms with E-state index in [1.807, 2.05) is 0 Å². The zero-order valence-electron chi connectivity index (χ0n) is 15.5. The highest BCUT2D eigenvalue weighted by Crippen LogP contribution is 2.33. The van der Waals surface area contributed by atoms with Crippen LogP contribution >= 0.6 is 34.8 Å². The van der Waals surface area contributed by atoms with Gasteiger partial charge < -0.3 is 9.84 Å². The van der Waals surface area contributed by atoms with Crippen LogP contribution in [-0.2, 0) is 4.74 Å². The number of hydrogen-bond donors (Lipinski definition) is 1. The zero-order chi connectivity index (χ0) is 21.0. The Kier molecular flexibility index (Phi) is 7.23. The molecule has 0 amide bonds. The van der Waals surface area contributed by atoms with Crippen LogP contribution in [0.4, 0.5) is 4.39 Å². The fourth-order valence-electron chi connectivity index (χ4n) is 3.38. The van der Waals surface area contributed by atoms with E-state index in [1.165, 1.54) is 36.4 Å². The largest absolute Gasteiger partial charge is 0.450 e. The van der Waals surface area contributed by atoms with Crippen molar-refractivity contribution in [3.05, 3.63) is 80.6 Å². The van der Waals surface area contributed by atoms with E-state index in [9.17, 15) is 14.3 Å². The lowest BCUT2D eigenvalue weighted by molar-refractivity contribution is 0.0355. The summed E-state index contributed by atoms with van der Waals surface area (Å²) in [5, 5.41) is 11.2. The Labute approximate surface area is 184 Å². The maximum atomic E-state index is 13.3. The van der Waals surface area contributed by atoms with E-state index in [0.29, 0.717) is 23.4 Å². The van der Waals surface area contributed by atoms with Crippen LogP contribution in [0.5, 0.6) is 0 Å². The van der Waals surface area contributed by atoms with E-state index in [1.54, 1.807) is 12.2 Å². The quantitative estimate of drug-likeness (QED) is 0.391. The molecule has 1 aliphatic rings. The van der Waals surface area contributed by atoms with Gasteiger partial charge in [0.15, 0.2) is 0 Å². The van der Waals surface area contributed by atoms with E-state index < -0.39 is 23.5 Å². The minimum absolute atomic E-state index is 0.00498. The fourth-order valence-corrected chi connectivity index (χ4v) is 4.35. The number of benzene rings is 2. The molecule has 1 aliphatic carbocycles. The van der Waals surface area contributed by atoms with Crippen molar-refractivity contribution >= 4 is 40.8 Å². The molecule has 0 saturated heterocycles. The highest BCUT2D eigenvalue weighted by atomic mass is 35.5. The average Bonchev–Trinajstić information content (AvgIpc) is 2.65. The predicted octanol–water partition coefficient (Wildman–Crippen LogP) is 6.94. The molecule has 3 nitrogen and oxygen atoms in total. The summed E-state index contributed by atoms with van der Waals surface area (Å²) in [6.07, 6.45) is 6.66. The summed E-state index contributed by atoms with van der Waals surface area (Å²) in [4.78, 5) is 12.8. The maximum absolute atomic E-state index is 13.3. The molecule has 1 atom stereocenters. The Morgan fingerprint density at radius 2 is 1.66 bits per heavy atom. The van der Waals surface area contributed by atoms with Crippen LogP contribution in [0.25, 0.3) is 0 Å². The third-order valence-electron chi connectivity index (χ3n) is 4.94. The van der Waals surface area contributed by atoms with Gasteiger partial charge in [-0.1, -0.05) is 72.3 Å². The van der Waals surface area contributed by atoms with E-state index >= 15 is 0 Å². The molecule has 0 radical (unpaired) electrons. The molecule has 0 aromatic heterocycles. The van der Waals surface area contributed by atoms with Crippen LogP contribution in [0.15, 0.2) is 48.6 Å². The van der Waals surface area contributed by atoms with Crippen molar-refractivity contribution in [2.75, 3.05) is 0 Å². The minimum Gasteiger partial charge on any atom is -0.450 e. The van der Waals surface area contributed by atoms with Gasteiger partial charge in [-0.05, 0) is 48.7 Å². The van der Waals surface area contributed by atoms with Gasteiger partial charge in [-0.2, -0.15) is 0 Å². The van der Waals surface area contributed by atoms with Crippen LogP contribution < -0.4 is 0 Å². The second-order valence-corrected chi connectivity index (χ2v) is 8.40. The van der Waals surface area contributed by atoms with Gasteiger partial charge in [-0.3, -0.25) is 0 Å². The first-order valence-corrected chi connectivity index (χ1v) is 10.4. The van der Waals surface area contributed by atoms with Crippen molar-refractivity contribution in [3.63, 3.8) is 0 Å². The van der Waals surface area contributed by atoms with Crippen LogP contribution in [0, 0.1) is 5.82 Å². The van der Waals surface area contributed by atoms with Crippen molar-refractivity contribution in [3.8, 4) is 0 Å². The van der Waals surface area contributed by atoms with Gasteiger partial charge in [0.05, 0.1) is 21.2 Å². The summed E-state index contributed by atoms with van der Waals surface area (Å²) in [6.45, 7) is 0. The number of aliphatic hydroxyl groups is 1. The molecular weight excluding hydrogens is 438 g/mol. The van der Waals surface area contributed by atoms with Crippen LogP contribution in [0.1, 0.15) is 54.1 Å². The lowest BCUT2D eigenvalue weighted by atomic mass is 9.84. The number of ether oxygens (including phenoxy) is 1. The molecule has 2 aromatic carbocycles. The van der Waals surface area contributed by atoms with Gasteiger partial charge in [0, 0.05) is 5.02 Å². The maximum Gasteiger partial charge on any atom is 0.342 e. The van der Waals surface area contributed by atoms with Crippen molar-refractivity contribution < 1.29 is 19.0 Å². The molecule has 0 bridgehead atoms. The number of carbonyl (C=O) groups excluding carboxylic acids is 1. The third kappa shape index (κ3) is 5.73. The summed E-state index contributed by atoms with van der Waals surface area (Å²) < 4.78 is 19.0. The molecule has 29 heavy (non-hydrogen) atoms. The Balaban J connectivity index is 1.89. The lowest BCUT2D eigenvalue weighted by Crippen LogP contribution is -2.28. The van der Waals surface area contributed by atoms with Gasteiger partial charge in [-0.25, -0.2) is 9.18 Å². The zero-order valence-corrected chi connectivity index (χ0v) is 17.8. The van der Waals surface area contributed by atoms with Gasteiger partial charge in [0.2, 0.25) is 0 Å². The lowest BCUT2D eigenvalue weighted by Gasteiger charge is -2.29. The molecule has 1 fully saturated rings. The van der Waals surface area contributed by atoms with Gasteiger partial charge >= 0.3 is 5.97 Å². The molecule has 1 N–H and O–H groups in total. The van der Waals surface area contributed by atoms with Gasteiger partial charge in [0.25, 0.3) is 0 Å². The Bertz CT molecular complexity index is 883. The molecule has 1 unspecified atom stereocenters. The average molecular weight is 458 g/mol. The molecule has 1 saturated carbocycles. The first-order chi connectivity index (χ1) is 13.8. The number of hydrogen-bond acceptors (Lipinski definition) is 3. The third-order valence-corrected chi connectivity index (χ3v) is 5.76. The minimum atomic E-state index is -0.946. The Morgan fingerprint density at radius 3 is 2.24 bits per heavy atom. The Hall–Kier alpha value is -1.59. The second-order valence-electron chi connectivity index (χ2n) is 7.15. The normalized spacial score (nSPS) is 17.3. The molecule has 0 aliphatic heterocycles. The molecule has 7 heteroatoms. The summed E-state index contributed by atoms with van der Waals surface area (Å²) in [5.41, 5.74) is -0.398. The van der Waals surface area contributed by atoms with Crippen LogP contribution in [0.3, 0.4) is 0 Å². The highest BCUT2D eigenvalue weighted by molar-refractivity contribution is 6.41. The predicted molar refractivity (Wildman–Crippen MR) is 113 cm³/mol. The van der Waals surface area contributed by atoms with Crippen molar-refractivity contribution in [1.82, 2.24) is 0 Å². The monoisotopic (exact) mass is 456 g/mol. The Morgan fingerprint density at radius 1 is 1.07 bits per heavy atom. The van der Waals surface area contributed by atoms with E-state index in [2.05, 4.69) is 0 Å². The topological polar surface area (TPSA) is 46.5 Å². The SMILES string of the molecule is O=C(OC(/C=C/C1(O)CCCCC1)c1ccc(F)cc1)c1c(Cl)cc(Cl)cc1Cl. The molecular formula is C22H20Cl3FO3. The van der Waals surface area contributed by atoms with Crippen molar-refractivity contribution in [2.45, 2.75) is 43.8 Å². The number of esters is 1. The molecule has 3 rings (SSSR count). The van der Waals surface area contributed by atoms with Crippen molar-refractivity contribution in [1.29, 1.82) is 0 Å². The summed E-state index contributed by atoms with van der Waals surface area (Å²) in [5.74, 6) is -1.15. The number of halogens is 4. The standard InChI is InChI=1S/C22H20Cl3FO3/c23-15-12-17(24)20(18(25)13-15)21(27)29-19(14-4-6-16(26)7-5-14)8-11-22(28)9-2-1-3-10-22/h4-8,11-13,19,28H,1-3,9-10H2/b11-8+. The van der Waals surface area contributed by atoms with E-state index in [0.717, 1.165) is 19.3 Å². The molecule has 2 aromatic rings. The fraction of sp³-hybridized carbons (Fsp3) is 0.318. The van der Waals surface area contributed by atoms with E-state index in [-0.39, 0.29) is 15.6 Å².